The zero-order valence-corrected chi connectivity index (χ0v) is 16.2. The van der Waals surface area contributed by atoms with Gasteiger partial charge in [-0.05, 0) is 31.0 Å². The van der Waals surface area contributed by atoms with Gasteiger partial charge in [-0.25, -0.2) is 4.68 Å². The summed E-state index contributed by atoms with van der Waals surface area (Å²) >= 11 is 0. The van der Waals surface area contributed by atoms with E-state index in [9.17, 15) is 9.59 Å². The van der Waals surface area contributed by atoms with Gasteiger partial charge >= 0.3 is 0 Å². The monoisotopic (exact) mass is 369 g/mol. The third-order valence-corrected chi connectivity index (χ3v) is 5.14. The van der Waals surface area contributed by atoms with Gasteiger partial charge < -0.3 is 10.2 Å². The maximum atomic E-state index is 12.6. The summed E-state index contributed by atoms with van der Waals surface area (Å²) in [5.41, 5.74) is 1.73. The summed E-state index contributed by atoms with van der Waals surface area (Å²) in [6, 6.07) is 9.77. The highest BCUT2D eigenvalue weighted by Gasteiger charge is 2.27. The third-order valence-electron chi connectivity index (χ3n) is 5.14. The van der Waals surface area contributed by atoms with Crippen molar-refractivity contribution in [2.24, 2.45) is 0 Å². The molecule has 0 spiro atoms. The van der Waals surface area contributed by atoms with Crippen LogP contribution in [0.2, 0.25) is 0 Å². The van der Waals surface area contributed by atoms with Gasteiger partial charge in [-0.3, -0.25) is 14.5 Å². The smallest absolute Gasteiger partial charge is 0.256 e. The second-order valence-electron chi connectivity index (χ2n) is 6.99. The summed E-state index contributed by atoms with van der Waals surface area (Å²) in [6.45, 7) is 6.88. The summed E-state index contributed by atoms with van der Waals surface area (Å²) in [7, 11) is 1.86. The van der Waals surface area contributed by atoms with Crippen LogP contribution in [0, 0.1) is 0 Å². The summed E-state index contributed by atoms with van der Waals surface area (Å²) in [5.74, 6) is 0.664. The van der Waals surface area contributed by atoms with Crippen LogP contribution in [0.3, 0.4) is 0 Å². The van der Waals surface area contributed by atoms with Crippen LogP contribution < -0.4 is 5.32 Å². The lowest BCUT2D eigenvalue weighted by atomic mass is 10.1. The van der Waals surface area contributed by atoms with E-state index in [1.54, 1.807) is 23.9 Å². The summed E-state index contributed by atoms with van der Waals surface area (Å²) in [6.07, 6.45) is 2.66. The van der Waals surface area contributed by atoms with E-state index in [-0.39, 0.29) is 17.9 Å². The average molecular weight is 369 g/mol. The molecule has 1 aromatic carbocycles. The Kier molecular flexibility index (Phi) is 5.91. The molecule has 2 amide bonds. The van der Waals surface area contributed by atoms with Crippen LogP contribution in [-0.2, 0) is 17.9 Å². The molecule has 7 nitrogen and oxygen atoms in total. The predicted octanol–water partition coefficient (Wildman–Crippen LogP) is 2.21. The van der Waals surface area contributed by atoms with Crippen molar-refractivity contribution in [1.29, 1.82) is 0 Å². The standard InChI is InChI=1S/C20H27N5O2/c1-4-25-19(8-10-21-25)22-20(27)17-7-5-6-16(12-17)13-24-11-9-18(14-24)23(3)15(2)26/h5-8,10,12,18H,4,9,11,13-14H2,1-3H3,(H,22,27)/t18-/m0/s1. The Hall–Kier alpha value is -2.67. The van der Waals surface area contributed by atoms with Gasteiger partial charge in [0.1, 0.15) is 5.82 Å². The van der Waals surface area contributed by atoms with E-state index in [1.165, 1.54) is 0 Å². The fourth-order valence-electron chi connectivity index (χ4n) is 3.48. The average Bonchev–Trinajstić information content (AvgIpc) is 3.30. The quantitative estimate of drug-likeness (QED) is 0.848. The highest BCUT2D eigenvalue weighted by Crippen LogP contribution is 2.18. The maximum absolute atomic E-state index is 12.6. The number of carbonyl (C=O) groups is 2. The first-order valence-corrected chi connectivity index (χ1v) is 9.35. The molecule has 0 unspecified atom stereocenters. The van der Waals surface area contributed by atoms with Crippen molar-refractivity contribution in [3.8, 4) is 0 Å². The zero-order valence-electron chi connectivity index (χ0n) is 16.2. The Morgan fingerprint density at radius 1 is 1.33 bits per heavy atom. The molecule has 0 radical (unpaired) electrons. The van der Waals surface area contributed by atoms with Gasteiger partial charge in [-0.2, -0.15) is 5.10 Å². The number of benzene rings is 1. The molecule has 1 fully saturated rings. The summed E-state index contributed by atoms with van der Waals surface area (Å²) in [4.78, 5) is 28.3. The Bertz CT molecular complexity index is 816. The van der Waals surface area contributed by atoms with Crippen molar-refractivity contribution >= 4 is 17.6 Å². The molecule has 0 bridgehead atoms. The molecule has 1 atom stereocenters. The van der Waals surface area contributed by atoms with Crippen LogP contribution in [0.15, 0.2) is 36.5 Å². The molecule has 27 heavy (non-hydrogen) atoms. The lowest BCUT2D eigenvalue weighted by molar-refractivity contribution is -0.129. The van der Waals surface area contributed by atoms with Crippen LogP contribution in [0.1, 0.15) is 36.2 Å². The van der Waals surface area contributed by atoms with Crippen molar-refractivity contribution in [2.75, 3.05) is 25.5 Å². The summed E-state index contributed by atoms with van der Waals surface area (Å²) in [5, 5.41) is 7.09. The van der Waals surface area contributed by atoms with E-state index < -0.39 is 0 Å². The first-order chi connectivity index (χ1) is 13.0. The fourth-order valence-corrected chi connectivity index (χ4v) is 3.48. The Morgan fingerprint density at radius 2 is 2.15 bits per heavy atom. The summed E-state index contributed by atoms with van der Waals surface area (Å²) < 4.78 is 1.75. The molecule has 1 aromatic heterocycles. The van der Waals surface area contributed by atoms with Gasteiger partial charge in [-0.1, -0.05) is 12.1 Å². The van der Waals surface area contributed by atoms with Crippen molar-refractivity contribution in [2.45, 2.75) is 39.4 Å². The van der Waals surface area contributed by atoms with E-state index in [4.69, 9.17) is 0 Å². The van der Waals surface area contributed by atoms with E-state index in [2.05, 4.69) is 15.3 Å². The number of rotatable bonds is 6. The number of likely N-dealkylation sites (tertiary alicyclic amines) is 1. The van der Waals surface area contributed by atoms with Gasteiger partial charge in [0.15, 0.2) is 0 Å². The molecule has 144 valence electrons. The number of nitrogens with zero attached hydrogens (tertiary/aromatic N) is 4. The molecule has 3 rings (SSSR count). The van der Waals surface area contributed by atoms with E-state index >= 15 is 0 Å². The second-order valence-corrected chi connectivity index (χ2v) is 6.99. The van der Waals surface area contributed by atoms with Crippen molar-refractivity contribution < 1.29 is 9.59 Å². The van der Waals surface area contributed by atoms with Crippen LogP contribution in [0.25, 0.3) is 0 Å². The molecule has 0 aliphatic carbocycles. The van der Waals surface area contributed by atoms with Crippen LogP contribution in [0.5, 0.6) is 0 Å². The van der Waals surface area contributed by atoms with Gasteiger partial charge in [0, 0.05) is 57.8 Å². The van der Waals surface area contributed by atoms with Crippen LogP contribution >= 0.6 is 0 Å². The molecule has 2 aromatic rings. The maximum Gasteiger partial charge on any atom is 0.256 e. The number of anilines is 1. The van der Waals surface area contributed by atoms with Crippen molar-refractivity contribution in [3.63, 3.8) is 0 Å². The molecular formula is C20H27N5O2. The van der Waals surface area contributed by atoms with Crippen molar-refractivity contribution in [3.05, 3.63) is 47.7 Å². The number of likely N-dealkylation sites (N-methyl/N-ethyl adjacent to an activating group) is 1. The largest absolute Gasteiger partial charge is 0.342 e. The van der Waals surface area contributed by atoms with E-state index in [0.717, 1.165) is 31.6 Å². The first kappa shape index (κ1) is 19.1. The minimum atomic E-state index is -0.136. The Labute approximate surface area is 159 Å². The molecule has 1 aliphatic heterocycles. The predicted molar refractivity (Wildman–Crippen MR) is 104 cm³/mol. The van der Waals surface area contributed by atoms with Crippen LogP contribution in [0.4, 0.5) is 5.82 Å². The number of aromatic nitrogens is 2. The minimum Gasteiger partial charge on any atom is -0.342 e. The molecule has 0 saturated carbocycles. The first-order valence-electron chi connectivity index (χ1n) is 9.35. The highest BCUT2D eigenvalue weighted by molar-refractivity contribution is 6.03. The minimum absolute atomic E-state index is 0.104. The fraction of sp³-hybridized carbons (Fsp3) is 0.450. The second kappa shape index (κ2) is 8.35. The molecule has 1 saturated heterocycles. The third kappa shape index (κ3) is 4.54. The van der Waals surface area contributed by atoms with Gasteiger partial charge in [-0.15, -0.1) is 0 Å². The lowest BCUT2D eigenvalue weighted by Crippen LogP contribution is -2.37. The Balaban J connectivity index is 1.62. The van der Waals surface area contributed by atoms with E-state index in [1.807, 2.05) is 43.1 Å². The number of carbonyl (C=O) groups excluding carboxylic acids is 2. The highest BCUT2D eigenvalue weighted by atomic mass is 16.2. The number of nitrogens with one attached hydrogen (secondary N) is 1. The number of hydrogen-bond donors (Lipinski definition) is 1. The normalized spacial score (nSPS) is 17.1. The number of aryl methyl sites for hydroxylation is 1. The molecule has 7 heteroatoms. The molecule has 1 aliphatic rings. The topological polar surface area (TPSA) is 70.5 Å². The molecular weight excluding hydrogens is 342 g/mol. The molecule has 1 N–H and O–H groups in total. The lowest BCUT2D eigenvalue weighted by Gasteiger charge is -2.23. The number of hydrogen-bond acceptors (Lipinski definition) is 4. The molecule has 2 heterocycles. The zero-order chi connectivity index (χ0) is 19.4. The van der Waals surface area contributed by atoms with Crippen molar-refractivity contribution in [1.82, 2.24) is 19.6 Å². The SMILES string of the molecule is CCn1nccc1NC(=O)c1cccc(CN2CC[C@H](N(C)C(C)=O)C2)c1. The van der Waals surface area contributed by atoms with Gasteiger partial charge in [0.25, 0.3) is 5.91 Å². The van der Waals surface area contributed by atoms with E-state index in [0.29, 0.717) is 17.9 Å². The van der Waals surface area contributed by atoms with Gasteiger partial charge in [0.2, 0.25) is 5.91 Å². The van der Waals surface area contributed by atoms with Gasteiger partial charge in [0.05, 0.1) is 6.20 Å². The Morgan fingerprint density at radius 3 is 2.89 bits per heavy atom. The number of amides is 2. The van der Waals surface area contributed by atoms with Crippen LogP contribution in [-0.4, -0.2) is 57.6 Å².